The van der Waals surface area contributed by atoms with Gasteiger partial charge in [-0.3, -0.25) is 9.59 Å². The molecule has 0 atom stereocenters. The van der Waals surface area contributed by atoms with Gasteiger partial charge in [0, 0.05) is 16.8 Å². The van der Waals surface area contributed by atoms with Gasteiger partial charge in [-0.15, -0.1) is 0 Å². The molecule has 2 aromatic rings. The normalized spacial score (nSPS) is 10.5. The van der Waals surface area contributed by atoms with Crippen molar-refractivity contribution in [2.24, 2.45) is 0 Å². The molecular formula is C16H13NO2. The SMILES string of the molecule is Nc1ccc(C(=O)c2ccc(/C=C/C=O)cc2)cc1. The van der Waals surface area contributed by atoms with Gasteiger partial charge in [0.05, 0.1) is 0 Å². The van der Waals surface area contributed by atoms with Crippen molar-refractivity contribution in [1.29, 1.82) is 0 Å². The first-order chi connectivity index (χ1) is 9.20. The number of anilines is 1. The summed E-state index contributed by atoms with van der Waals surface area (Å²) >= 11 is 0. The van der Waals surface area contributed by atoms with Gasteiger partial charge in [-0.2, -0.15) is 0 Å². The van der Waals surface area contributed by atoms with E-state index in [1.54, 1.807) is 54.6 Å². The summed E-state index contributed by atoms with van der Waals surface area (Å²) in [6.45, 7) is 0. The van der Waals surface area contributed by atoms with Crippen molar-refractivity contribution in [2.75, 3.05) is 5.73 Å². The first-order valence-corrected chi connectivity index (χ1v) is 5.83. The summed E-state index contributed by atoms with van der Waals surface area (Å²) < 4.78 is 0. The topological polar surface area (TPSA) is 60.2 Å². The summed E-state index contributed by atoms with van der Waals surface area (Å²) in [6.07, 6.45) is 3.81. The minimum atomic E-state index is -0.0501. The molecule has 0 bridgehead atoms. The Kier molecular flexibility index (Phi) is 3.88. The second-order valence-corrected chi connectivity index (χ2v) is 4.07. The highest BCUT2D eigenvalue weighted by Crippen LogP contribution is 2.13. The van der Waals surface area contributed by atoms with Crippen LogP contribution in [-0.4, -0.2) is 12.1 Å². The van der Waals surface area contributed by atoms with Gasteiger partial charge in [0.1, 0.15) is 6.29 Å². The van der Waals surface area contributed by atoms with Crippen LogP contribution in [0, 0.1) is 0 Å². The number of allylic oxidation sites excluding steroid dienone is 1. The fourth-order valence-corrected chi connectivity index (χ4v) is 1.70. The standard InChI is InChI=1S/C16H13NO2/c17-15-9-7-14(8-10-15)16(19)13-5-3-12(4-6-13)2-1-11-18/h1-11H,17H2/b2-1+. The molecule has 0 aliphatic heterocycles. The summed E-state index contributed by atoms with van der Waals surface area (Å²) in [5.74, 6) is -0.0501. The van der Waals surface area contributed by atoms with Crippen molar-refractivity contribution in [3.05, 3.63) is 71.3 Å². The van der Waals surface area contributed by atoms with Crippen LogP contribution in [0.4, 0.5) is 5.69 Å². The first-order valence-electron chi connectivity index (χ1n) is 5.83. The van der Waals surface area contributed by atoms with E-state index in [1.165, 1.54) is 6.08 Å². The number of nitrogen functional groups attached to an aromatic ring is 1. The first kappa shape index (κ1) is 12.8. The maximum absolute atomic E-state index is 12.2. The number of rotatable bonds is 4. The van der Waals surface area contributed by atoms with E-state index in [2.05, 4.69) is 0 Å². The largest absolute Gasteiger partial charge is 0.399 e. The van der Waals surface area contributed by atoms with Crippen LogP contribution in [0.5, 0.6) is 0 Å². The highest BCUT2D eigenvalue weighted by molar-refractivity contribution is 6.09. The number of carbonyl (C=O) groups is 2. The molecule has 0 amide bonds. The fourth-order valence-electron chi connectivity index (χ4n) is 1.70. The Morgan fingerprint density at radius 2 is 1.42 bits per heavy atom. The van der Waals surface area contributed by atoms with Crippen molar-refractivity contribution < 1.29 is 9.59 Å². The summed E-state index contributed by atoms with van der Waals surface area (Å²) in [5.41, 5.74) is 8.30. The summed E-state index contributed by atoms with van der Waals surface area (Å²) in [4.78, 5) is 22.4. The Morgan fingerprint density at radius 3 is 1.95 bits per heavy atom. The molecular weight excluding hydrogens is 238 g/mol. The molecule has 0 unspecified atom stereocenters. The zero-order valence-electron chi connectivity index (χ0n) is 10.2. The van der Waals surface area contributed by atoms with Crippen molar-refractivity contribution in [3.63, 3.8) is 0 Å². The van der Waals surface area contributed by atoms with Crippen LogP contribution < -0.4 is 5.73 Å². The summed E-state index contributed by atoms with van der Waals surface area (Å²) in [5, 5.41) is 0. The quantitative estimate of drug-likeness (QED) is 0.393. The van der Waals surface area contributed by atoms with Gasteiger partial charge >= 0.3 is 0 Å². The molecule has 0 aliphatic rings. The number of carbonyl (C=O) groups excluding carboxylic acids is 2. The van der Waals surface area contributed by atoms with E-state index >= 15 is 0 Å². The Morgan fingerprint density at radius 1 is 0.895 bits per heavy atom. The van der Waals surface area contributed by atoms with E-state index in [9.17, 15) is 9.59 Å². The molecule has 0 fully saturated rings. The van der Waals surface area contributed by atoms with Crippen LogP contribution in [0.2, 0.25) is 0 Å². The smallest absolute Gasteiger partial charge is 0.193 e. The summed E-state index contributed by atoms with van der Waals surface area (Å²) in [6, 6.07) is 13.9. The predicted molar refractivity (Wildman–Crippen MR) is 75.8 cm³/mol. The monoisotopic (exact) mass is 251 g/mol. The number of hydrogen-bond donors (Lipinski definition) is 1. The lowest BCUT2D eigenvalue weighted by atomic mass is 10.0. The van der Waals surface area contributed by atoms with Crippen molar-refractivity contribution in [1.82, 2.24) is 0 Å². The molecule has 0 aromatic heterocycles. The molecule has 3 heteroatoms. The van der Waals surface area contributed by atoms with E-state index in [-0.39, 0.29) is 5.78 Å². The lowest BCUT2D eigenvalue weighted by Crippen LogP contribution is -2.01. The van der Waals surface area contributed by atoms with Gasteiger partial charge in [0.25, 0.3) is 0 Å². The molecule has 0 saturated heterocycles. The average Bonchev–Trinajstić information content (AvgIpc) is 2.46. The molecule has 2 N–H and O–H groups in total. The lowest BCUT2D eigenvalue weighted by molar-refractivity contribution is -0.104. The zero-order chi connectivity index (χ0) is 13.7. The second-order valence-electron chi connectivity index (χ2n) is 4.07. The van der Waals surface area contributed by atoms with Gasteiger partial charge in [-0.1, -0.05) is 30.3 Å². The van der Waals surface area contributed by atoms with Crippen LogP contribution in [-0.2, 0) is 4.79 Å². The molecule has 2 rings (SSSR count). The lowest BCUT2D eigenvalue weighted by Gasteiger charge is -2.02. The highest BCUT2D eigenvalue weighted by atomic mass is 16.1. The third-order valence-electron chi connectivity index (χ3n) is 2.71. The highest BCUT2D eigenvalue weighted by Gasteiger charge is 2.07. The third kappa shape index (κ3) is 3.16. The van der Waals surface area contributed by atoms with E-state index < -0.39 is 0 Å². The van der Waals surface area contributed by atoms with E-state index in [0.717, 1.165) is 5.56 Å². The molecule has 2 aromatic carbocycles. The molecule has 0 aliphatic carbocycles. The minimum Gasteiger partial charge on any atom is -0.399 e. The van der Waals surface area contributed by atoms with Crippen LogP contribution in [0.25, 0.3) is 6.08 Å². The van der Waals surface area contributed by atoms with Crippen molar-refractivity contribution >= 4 is 23.8 Å². The van der Waals surface area contributed by atoms with Gasteiger partial charge in [0.15, 0.2) is 5.78 Å². The average molecular weight is 251 g/mol. The van der Waals surface area contributed by atoms with Gasteiger partial charge < -0.3 is 5.73 Å². The van der Waals surface area contributed by atoms with E-state index in [4.69, 9.17) is 5.73 Å². The molecule has 94 valence electrons. The molecule has 0 heterocycles. The number of benzene rings is 2. The second kappa shape index (κ2) is 5.78. The van der Waals surface area contributed by atoms with Gasteiger partial charge in [-0.05, 0) is 35.9 Å². The van der Waals surface area contributed by atoms with Crippen LogP contribution in [0.3, 0.4) is 0 Å². The maximum atomic E-state index is 12.2. The van der Waals surface area contributed by atoms with E-state index in [1.807, 2.05) is 0 Å². The minimum absolute atomic E-state index is 0.0501. The molecule has 3 nitrogen and oxygen atoms in total. The van der Waals surface area contributed by atoms with Crippen molar-refractivity contribution in [3.8, 4) is 0 Å². The van der Waals surface area contributed by atoms with Crippen LogP contribution in [0.1, 0.15) is 21.5 Å². The predicted octanol–water partition coefficient (Wildman–Crippen LogP) is 2.71. The van der Waals surface area contributed by atoms with Crippen LogP contribution >= 0.6 is 0 Å². The Hall–Kier alpha value is -2.68. The van der Waals surface area contributed by atoms with Crippen molar-refractivity contribution in [2.45, 2.75) is 0 Å². The molecule has 0 radical (unpaired) electrons. The molecule has 0 spiro atoms. The number of hydrogen-bond acceptors (Lipinski definition) is 3. The zero-order valence-corrected chi connectivity index (χ0v) is 10.2. The summed E-state index contributed by atoms with van der Waals surface area (Å²) in [7, 11) is 0. The molecule has 0 saturated carbocycles. The van der Waals surface area contributed by atoms with E-state index in [0.29, 0.717) is 23.1 Å². The third-order valence-corrected chi connectivity index (χ3v) is 2.71. The number of aldehydes is 1. The molecule has 19 heavy (non-hydrogen) atoms. The number of ketones is 1. The van der Waals surface area contributed by atoms with Gasteiger partial charge in [0.2, 0.25) is 0 Å². The van der Waals surface area contributed by atoms with Crippen LogP contribution in [0.15, 0.2) is 54.6 Å². The number of nitrogens with two attached hydrogens (primary N) is 1. The Bertz CT molecular complexity index is 610. The van der Waals surface area contributed by atoms with Gasteiger partial charge in [-0.25, -0.2) is 0 Å². The Balaban J connectivity index is 2.22. The Labute approximate surface area is 111 Å². The maximum Gasteiger partial charge on any atom is 0.193 e. The fraction of sp³-hybridized carbons (Fsp3) is 0.